The van der Waals surface area contributed by atoms with Crippen molar-refractivity contribution < 1.29 is 14.3 Å². The number of nitrogens with zero attached hydrogens (tertiary/aromatic N) is 1. The fourth-order valence-corrected chi connectivity index (χ4v) is 1.37. The van der Waals surface area contributed by atoms with Gasteiger partial charge in [-0.15, -0.1) is 0 Å². The third kappa shape index (κ3) is 4.45. The molecule has 0 aromatic heterocycles. The van der Waals surface area contributed by atoms with E-state index in [1.807, 2.05) is 30.3 Å². The van der Waals surface area contributed by atoms with Crippen LogP contribution >= 0.6 is 0 Å². The lowest BCUT2D eigenvalue weighted by molar-refractivity contribution is -0.121. The summed E-state index contributed by atoms with van der Waals surface area (Å²) >= 11 is 0. The molecule has 98 valence electrons. The van der Waals surface area contributed by atoms with Gasteiger partial charge in [0.05, 0.1) is 0 Å². The first kappa shape index (κ1) is 14.0. The van der Waals surface area contributed by atoms with Crippen molar-refractivity contribution in [3.63, 3.8) is 0 Å². The number of carbonyl (C=O) groups excluding carboxylic acids is 2. The fourth-order valence-electron chi connectivity index (χ4n) is 1.37. The number of hydrogen-bond donors (Lipinski definition) is 1. The normalized spacial score (nSPS) is 9.67. The Balaban J connectivity index is 2.45. The van der Waals surface area contributed by atoms with E-state index in [-0.39, 0.29) is 19.1 Å². The maximum Gasteiger partial charge on any atom is 0.410 e. The average Bonchev–Trinajstić information content (AvgIpc) is 2.42. The first-order chi connectivity index (χ1) is 8.67. The molecule has 1 aromatic rings. The van der Waals surface area contributed by atoms with Crippen molar-refractivity contribution in [2.75, 3.05) is 20.1 Å². The predicted octanol–water partition coefficient (Wildman–Crippen LogP) is 1.39. The van der Waals surface area contributed by atoms with Gasteiger partial charge in [-0.1, -0.05) is 30.3 Å². The Labute approximate surface area is 107 Å². The highest BCUT2D eigenvalue weighted by atomic mass is 16.6. The smallest absolute Gasteiger partial charge is 0.410 e. The van der Waals surface area contributed by atoms with Gasteiger partial charge in [-0.25, -0.2) is 4.79 Å². The molecule has 1 rings (SSSR count). The van der Waals surface area contributed by atoms with Crippen LogP contribution in [0.4, 0.5) is 4.79 Å². The molecule has 0 fully saturated rings. The van der Waals surface area contributed by atoms with E-state index in [0.29, 0.717) is 6.54 Å². The third-order valence-electron chi connectivity index (χ3n) is 2.46. The Kier molecular flexibility index (Phi) is 5.70. The summed E-state index contributed by atoms with van der Waals surface area (Å²) in [5, 5.41) is 2.47. The van der Waals surface area contributed by atoms with Gasteiger partial charge in [-0.05, 0) is 12.5 Å². The topological polar surface area (TPSA) is 58.6 Å². The van der Waals surface area contributed by atoms with Crippen molar-refractivity contribution in [3.8, 4) is 0 Å². The van der Waals surface area contributed by atoms with Crippen LogP contribution in [-0.2, 0) is 16.1 Å². The van der Waals surface area contributed by atoms with Crippen molar-refractivity contribution in [2.45, 2.75) is 13.5 Å². The average molecular weight is 250 g/mol. The molecule has 5 nitrogen and oxygen atoms in total. The molecule has 18 heavy (non-hydrogen) atoms. The summed E-state index contributed by atoms with van der Waals surface area (Å²) in [6.45, 7) is 2.46. The van der Waals surface area contributed by atoms with Crippen LogP contribution in [0.15, 0.2) is 30.3 Å². The highest BCUT2D eigenvalue weighted by Gasteiger charge is 2.15. The Morgan fingerprint density at radius 2 is 1.94 bits per heavy atom. The molecule has 0 heterocycles. The molecule has 0 bridgehead atoms. The zero-order chi connectivity index (χ0) is 13.4. The van der Waals surface area contributed by atoms with Crippen molar-refractivity contribution in [1.29, 1.82) is 0 Å². The van der Waals surface area contributed by atoms with Crippen molar-refractivity contribution in [1.82, 2.24) is 10.2 Å². The standard InChI is InChI=1S/C13H18N2O3/c1-3-15(9-12(16)14-2)13(17)18-10-11-7-5-4-6-8-11/h4-8H,3,9-10H2,1-2H3,(H,14,16). The second-order valence-corrected chi connectivity index (χ2v) is 3.73. The maximum absolute atomic E-state index is 11.7. The Morgan fingerprint density at radius 3 is 2.50 bits per heavy atom. The minimum atomic E-state index is -0.482. The quantitative estimate of drug-likeness (QED) is 0.859. The van der Waals surface area contributed by atoms with Crippen LogP contribution in [0.3, 0.4) is 0 Å². The number of benzene rings is 1. The van der Waals surface area contributed by atoms with Gasteiger partial charge in [-0.2, -0.15) is 0 Å². The van der Waals surface area contributed by atoms with E-state index in [1.165, 1.54) is 11.9 Å². The summed E-state index contributed by atoms with van der Waals surface area (Å²) in [6, 6.07) is 9.41. The lowest BCUT2D eigenvalue weighted by Gasteiger charge is -2.19. The first-order valence-corrected chi connectivity index (χ1v) is 5.83. The van der Waals surface area contributed by atoms with E-state index in [4.69, 9.17) is 4.74 Å². The summed E-state index contributed by atoms with van der Waals surface area (Å²) in [5.41, 5.74) is 0.918. The minimum absolute atomic E-state index is 0.0145. The van der Waals surface area contributed by atoms with E-state index >= 15 is 0 Å². The van der Waals surface area contributed by atoms with E-state index in [1.54, 1.807) is 6.92 Å². The molecule has 0 saturated heterocycles. The molecule has 0 unspecified atom stereocenters. The van der Waals surface area contributed by atoms with E-state index < -0.39 is 6.09 Å². The number of rotatable bonds is 5. The van der Waals surface area contributed by atoms with Gasteiger partial charge in [0.1, 0.15) is 13.2 Å². The van der Waals surface area contributed by atoms with Crippen LogP contribution in [0, 0.1) is 0 Å². The lowest BCUT2D eigenvalue weighted by atomic mass is 10.2. The van der Waals surface area contributed by atoms with Crippen LogP contribution in [0.25, 0.3) is 0 Å². The number of amides is 2. The summed E-state index contributed by atoms with van der Waals surface area (Å²) < 4.78 is 5.13. The van der Waals surface area contributed by atoms with Gasteiger partial charge in [0.2, 0.25) is 5.91 Å². The third-order valence-corrected chi connectivity index (χ3v) is 2.46. The maximum atomic E-state index is 11.7. The molecule has 0 aliphatic carbocycles. The Hall–Kier alpha value is -2.04. The number of likely N-dealkylation sites (N-methyl/N-ethyl adjacent to an activating group) is 2. The largest absolute Gasteiger partial charge is 0.445 e. The number of hydrogen-bond acceptors (Lipinski definition) is 3. The summed E-state index contributed by atoms with van der Waals surface area (Å²) in [7, 11) is 1.53. The Bertz CT molecular complexity index is 392. The van der Waals surface area contributed by atoms with Gasteiger partial charge in [-0.3, -0.25) is 9.69 Å². The first-order valence-electron chi connectivity index (χ1n) is 5.83. The monoisotopic (exact) mass is 250 g/mol. The van der Waals surface area contributed by atoms with Gasteiger partial charge in [0, 0.05) is 13.6 Å². The minimum Gasteiger partial charge on any atom is -0.445 e. The SMILES string of the molecule is CCN(CC(=O)NC)C(=O)OCc1ccccc1. The molecular formula is C13H18N2O3. The molecule has 1 N–H and O–H groups in total. The van der Waals surface area contributed by atoms with Crippen molar-refractivity contribution in [2.24, 2.45) is 0 Å². The van der Waals surface area contributed by atoms with Gasteiger partial charge in [0.15, 0.2) is 0 Å². The molecule has 0 atom stereocenters. The zero-order valence-corrected chi connectivity index (χ0v) is 10.7. The molecule has 0 aliphatic rings. The second-order valence-electron chi connectivity index (χ2n) is 3.73. The molecular weight excluding hydrogens is 232 g/mol. The second kappa shape index (κ2) is 7.32. The molecule has 5 heteroatoms. The van der Waals surface area contributed by atoms with Gasteiger partial charge < -0.3 is 10.1 Å². The summed E-state index contributed by atoms with van der Waals surface area (Å²) in [4.78, 5) is 24.3. The number of ether oxygens (including phenoxy) is 1. The van der Waals surface area contributed by atoms with E-state index in [9.17, 15) is 9.59 Å². The molecule has 1 aromatic carbocycles. The van der Waals surface area contributed by atoms with E-state index in [0.717, 1.165) is 5.56 Å². The van der Waals surface area contributed by atoms with Crippen molar-refractivity contribution in [3.05, 3.63) is 35.9 Å². The highest BCUT2D eigenvalue weighted by Crippen LogP contribution is 2.03. The molecule has 0 aliphatic heterocycles. The van der Waals surface area contributed by atoms with Gasteiger partial charge in [0.25, 0.3) is 0 Å². The number of carbonyl (C=O) groups is 2. The van der Waals surface area contributed by atoms with Crippen LogP contribution in [0.1, 0.15) is 12.5 Å². The zero-order valence-electron chi connectivity index (χ0n) is 10.7. The van der Waals surface area contributed by atoms with Crippen LogP contribution in [0.5, 0.6) is 0 Å². The Morgan fingerprint density at radius 1 is 1.28 bits per heavy atom. The fraction of sp³-hybridized carbons (Fsp3) is 0.385. The number of nitrogens with one attached hydrogen (secondary N) is 1. The highest BCUT2D eigenvalue weighted by molar-refractivity contribution is 5.81. The summed E-state index contributed by atoms with van der Waals surface area (Å²) in [5.74, 6) is -0.214. The lowest BCUT2D eigenvalue weighted by Crippen LogP contribution is -2.39. The summed E-state index contributed by atoms with van der Waals surface area (Å²) in [6.07, 6.45) is -0.482. The predicted molar refractivity (Wildman–Crippen MR) is 67.9 cm³/mol. The molecule has 0 saturated carbocycles. The molecule has 0 radical (unpaired) electrons. The van der Waals surface area contributed by atoms with Gasteiger partial charge >= 0.3 is 6.09 Å². The van der Waals surface area contributed by atoms with Crippen LogP contribution in [-0.4, -0.2) is 37.0 Å². The molecule has 0 spiro atoms. The van der Waals surface area contributed by atoms with Crippen LogP contribution < -0.4 is 5.32 Å². The van der Waals surface area contributed by atoms with Crippen molar-refractivity contribution >= 4 is 12.0 Å². The van der Waals surface area contributed by atoms with E-state index in [2.05, 4.69) is 5.32 Å². The molecule has 2 amide bonds. The van der Waals surface area contributed by atoms with Crippen LogP contribution in [0.2, 0.25) is 0 Å².